The van der Waals surface area contributed by atoms with Crippen molar-refractivity contribution in [3.8, 4) is 5.75 Å². The Kier molecular flexibility index (Phi) is 7.89. The minimum Gasteiger partial charge on any atom is -0.495 e. The van der Waals surface area contributed by atoms with Gasteiger partial charge in [0.1, 0.15) is 5.75 Å². The molecule has 140 valence electrons. The number of benzene rings is 1. The van der Waals surface area contributed by atoms with Crippen LogP contribution in [0.3, 0.4) is 0 Å². The van der Waals surface area contributed by atoms with E-state index >= 15 is 0 Å². The molecule has 1 aliphatic rings. The molecule has 0 radical (unpaired) electrons. The van der Waals surface area contributed by atoms with Crippen LogP contribution in [-0.4, -0.2) is 38.8 Å². The van der Waals surface area contributed by atoms with Gasteiger partial charge in [-0.1, -0.05) is 38.3 Å². The third-order valence-electron chi connectivity index (χ3n) is 4.88. The Morgan fingerprint density at radius 1 is 1.36 bits per heavy atom. The normalized spacial score (nSPS) is 18.0. The van der Waals surface area contributed by atoms with Gasteiger partial charge in [-0.25, -0.2) is 4.79 Å². The predicted molar refractivity (Wildman–Crippen MR) is 103 cm³/mol. The lowest BCUT2D eigenvalue weighted by Crippen LogP contribution is -2.42. The molecule has 5 heteroatoms. The van der Waals surface area contributed by atoms with Crippen LogP contribution in [0.1, 0.15) is 46.0 Å². The van der Waals surface area contributed by atoms with Gasteiger partial charge in [0.2, 0.25) is 0 Å². The van der Waals surface area contributed by atoms with E-state index in [1.165, 1.54) is 19.3 Å². The summed E-state index contributed by atoms with van der Waals surface area (Å²) in [5.41, 5.74) is 1.14. The first-order chi connectivity index (χ1) is 12.1. The Morgan fingerprint density at radius 3 is 2.92 bits per heavy atom. The molecule has 25 heavy (non-hydrogen) atoms. The second-order valence-corrected chi connectivity index (χ2v) is 7.02. The molecule has 1 heterocycles. The van der Waals surface area contributed by atoms with Crippen LogP contribution in [0.25, 0.3) is 0 Å². The zero-order chi connectivity index (χ0) is 18.1. The van der Waals surface area contributed by atoms with E-state index in [1.807, 2.05) is 18.2 Å². The minimum atomic E-state index is -0.0419. The van der Waals surface area contributed by atoms with Gasteiger partial charge in [-0.15, -0.1) is 0 Å². The van der Waals surface area contributed by atoms with Gasteiger partial charge in [0.05, 0.1) is 12.8 Å². The van der Waals surface area contributed by atoms with E-state index in [4.69, 9.17) is 4.74 Å². The summed E-state index contributed by atoms with van der Waals surface area (Å²) in [5, 5.41) is 6.08. The van der Waals surface area contributed by atoms with Crippen LogP contribution in [-0.2, 0) is 0 Å². The Hall–Kier alpha value is -1.91. The lowest BCUT2D eigenvalue weighted by molar-refractivity contribution is 0.235. The number of para-hydroxylation sites is 2. The molecule has 1 fully saturated rings. The van der Waals surface area contributed by atoms with Gasteiger partial charge in [-0.2, -0.15) is 0 Å². The average molecular weight is 348 g/mol. The number of methoxy groups -OCH3 is 1. The van der Waals surface area contributed by atoms with Crippen LogP contribution in [0.5, 0.6) is 5.75 Å². The molecule has 0 saturated carbocycles. The number of nitrogens with zero attached hydrogens (tertiary/aromatic N) is 1. The van der Waals surface area contributed by atoms with Crippen LogP contribution in [0.4, 0.5) is 10.5 Å². The largest absolute Gasteiger partial charge is 0.495 e. The number of rotatable bonds is 9. The number of carbonyl (C=O) groups is 1. The first kappa shape index (κ1) is 19.4. The molecule has 2 N–H and O–H groups in total. The summed E-state index contributed by atoms with van der Waals surface area (Å²) >= 11 is 0. The zero-order valence-electron chi connectivity index (χ0n) is 15.9. The van der Waals surface area contributed by atoms with Crippen molar-refractivity contribution in [2.75, 3.05) is 31.6 Å². The summed E-state index contributed by atoms with van der Waals surface area (Å²) in [6.07, 6.45) is 5.75. The number of amides is 2. The molecule has 0 aromatic heterocycles. The van der Waals surface area contributed by atoms with Gasteiger partial charge in [0.15, 0.2) is 0 Å². The van der Waals surface area contributed by atoms with E-state index in [1.54, 1.807) is 7.11 Å². The van der Waals surface area contributed by atoms with Gasteiger partial charge < -0.3 is 20.3 Å². The fourth-order valence-corrected chi connectivity index (χ4v) is 3.39. The third-order valence-corrected chi connectivity index (χ3v) is 4.88. The molecule has 0 spiro atoms. The van der Waals surface area contributed by atoms with E-state index in [0.29, 0.717) is 5.92 Å². The van der Waals surface area contributed by atoms with Crippen LogP contribution < -0.4 is 20.3 Å². The maximum absolute atomic E-state index is 12.0. The predicted octanol–water partition coefficient (Wildman–Crippen LogP) is 3.79. The molecule has 2 atom stereocenters. The second-order valence-electron chi connectivity index (χ2n) is 7.02. The van der Waals surface area contributed by atoms with Crippen LogP contribution in [0, 0.1) is 5.92 Å². The first-order valence-corrected chi connectivity index (χ1v) is 9.56. The highest BCUT2D eigenvalue weighted by Gasteiger charge is 2.24. The van der Waals surface area contributed by atoms with Gasteiger partial charge in [-0.05, 0) is 37.8 Å². The summed E-state index contributed by atoms with van der Waals surface area (Å²) in [4.78, 5) is 14.4. The molecule has 0 bridgehead atoms. The average Bonchev–Trinajstić information content (AvgIpc) is 3.09. The molecular weight excluding hydrogens is 314 g/mol. The van der Waals surface area contributed by atoms with Crippen LogP contribution >= 0.6 is 0 Å². The molecule has 1 aromatic carbocycles. The molecule has 5 nitrogen and oxygen atoms in total. The highest BCUT2D eigenvalue weighted by molar-refractivity contribution is 5.74. The minimum absolute atomic E-state index is 0.0419. The second kappa shape index (κ2) is 10.2. The van der Waals surface area contributed by atoms with Crippen molar-refractivity contribution in [1.82, 2.24) is 10.6 Å². The van der Waals surface area contributed by atoms with Crippen LogP contribution in [0.2, 0.25) is 0 Å². The monoisotopic (exact) mass is 347 g/mol. The summed E-state index contributed by atoms with van der Waals surface area (Å²) < 4.78 is 5.45. The Bertz CT molecular complexity index is 535. The molecule has 1 aromatic rings. The fraction of sp³-hybridized carbons (Fsp3) is 0.650. The molecule has 2 amide bonds. The van der Waals surface area contributed by atoms with Crippen molar-refractivity contribution < 1.29 is 9.53 Å². The van der Waals surface area contributed by atoms with Crippen molar-refractivity contribution in [2.45, 2.75) is 52.0 Å². The Balaban J connectivity index is 1.71. The third kappa shape index (κ3) is 6.15. The highest BCUT2D eigenvalue weighted by Crippen LogP contribution is 2.31. The molecule has 1 aliphatic heterocycles. The number of hydrogen-bond acceptors (Lipinski definition) is 3. The highest BCUT2D eigenvalue weighted by atomic mass is 16.5. The summed E-state index contributed by atoms with van der Waals surface area (Å²) in [7, 11) is 1.71. The number of carbonyl (C=O) groups excluding carboxylic acids is 1. The molecular formula is C20H33N3O2. The lowest BCUT2D eigenvalue weighted by Gasteiger charge is -2.21. The number of ether oxygens (including phenoxy) is 1. The van der Waals surface area contributed by atoms with Crippen molar-refractivity contribution >= 4 is 11.7 Å². The van der Waals surface area contributed by atoms with Crippen molar-refractivity contribution in [1.29, 1.82) is 0 Å². The molecule has 2 unspecified atom stereocenters. The van der Waals surface area contributed by atoms with E-state index in [2.05, 4.69) is 35.4 Å². The summed E-state index contributed by atoms with van der Waals surface area (Å²) in [5.74, 6) is 1.39. The fourth-order valence-electron chi connectivity index (χ4n) is 3.39. The number of unbranched alkanes of at least 4 members (excludes halogenated alkanes) is 2. The van der Waals surface area contributed by atoms with E-state index in [0.717, 1.165) is 43.9 Å². The van der Waals surface area contributed by atoms with Gasteiger partial charge in [0.25, 0.3) is 0 Å². The van der Waals surface area contributed by atoms with Crippen molar-refractivity contribution in [3.05, 3.63) is 24.3 Å². The SMILES string of the molecule is CCCCCC(C)NC(=O)NCC1CCN(c2ccccc2OC)C1. The molecule has 2 rings (SSSR count). The summed E-state index contributed by atoms with van der Waals surface area (Å²) in [6.45, 7) is 6.95. The van der Waals surface area contributed by atoms with Crippen LogP contribution in [0.15, 0.2) is 24.3 Å². The van der Waals surface area contributed by atoms with Crippen molar-refractivity contribution in [3.63, 3.8) is 0 Å². The zero-order valence-corrected chi connectivity index (χ0v) is 15.9. The standard InChI is InChI=1S/C20H33N3O2/c1-4-5-6-9-16(2)22-20(24)21-14-17-12-13-23(15-17)18-10-7-8-11-19(18)25-3/h7-8,10-11,16-17H,4-6,9,12-15H2,1-3H3,(H2,21,22,24). The van der Waals surface area contributed by atoms with Gasteiger partial charge in [0, 0.05) is 25.7 Å². The molecule has 0 aliphatic carbocycles. The topological polar surface area (TPSA) is 53.6 Å². The van der Waals surface area contributed by atoms with Crippen molar-refractivity contribution in [2.24, 2.45) is 5.92 Å². The lowest BCUT2D eigenvalue weighted by atomic mass is 10.1. The number of anilines is 1. The van der Waals surface area contributed by atoms with E-state index in [-0.39, 0.29) is 12.1 Å². The first-order valence-electron chi connectivity index (χ1n) is 9.56. The van der Waals surface area contributed by atoms with Gasteiger partial charge in [-0.3, -0.25) is 0 Å². The number of hydrogen-bond donors (Lipinski definition) is 2. The summed E-state index contributed by atoms with van der Waals surface area (Å²) in [6, 6.07) is 8.31. The van der Waals surface area contributed by atoms with E-state index in [9.17, 15) is 4.79 Å². The maximum atomic E-state index is 12.0. The maximum Gasteiger partial charge on any atom is 0.315 e. The number of nitrogens with one attached hydrogen (secondary N) is 2. The quantitative estimate of drug-likeness (QED) is 0.668. The molecule has 1 saturated heterocycles. The van der Waals surface area contributed by atoms with E-state index < -0.39 is 0 Å². The smallest absolute Gasteiger partial charge is 0.315 e. The number of urea groups is 1. The Labute approximate surface area is 152 Å². The van der Waals surface area contributed by atoms with Gasteiger partial charge >= 0.3 is 6.03 Å². The Morgan fingerprint density at radius 2 is 2.16 bits per heavy atom.